The van der Waals surface area contributed by atoms with Gasteiger partial charge in [-0.2, -0.15) is 0 Å². The minimum absolute atomic E-state index is 0.895. The van der Waals surface area contributed by atoms with Crippen molar-refractivity contribution in [3.05, 3.63) is 11.6 Å². The van der Waals surface area contributed by atoms with E-state index in [1.165, 1.54) is 0 Å². The third-order valence-electron chi connectivity index (χ3n) is 1.48. The highest BCUT2D eigenvalue weighted by molar-refractivity contribution is 7.54. The standard InChI is InChI=1S/C9H15O4P/c1-12-14(11,13-2)7-8-4-3-5-9(10)6-8/h6H,3-5,7H2,1-2H3/i4D2,5D2,6D,7D2. The van der Waals surface area contributed by atoms with Crippen LogP contribution in [0.25, 0.3) is 0 Å². The third kappa shape index (κ3) is 3.05. The molecule has 5 heteroatoms. The number of carbonyl (C=O) groups excluding carboxylic acids is 1. The fourth-order valence-corrected chi connectivity index (χ4v) is 1.53. The van der Waals surface area contributed by atoms with Crippen molar-refractivity contribution in [3.63, 3.8) is 0 Å². The lowest BCUT2D eigenvalue weighted by atomic mass is 10.0. The summed E-state index contributed by atoms with van der Waals surface area (Å²) in [5, 5.41) is 0. The molecule has 1 rings (SSSR count). The van der Waals surface area contributed by atoms with Crippen molar-refractivity contribution < 1.29 is 28.0 Å². The highest BCUT2D eigenvalue weighted by Gasteiger charge is 2.24. The first-order chi connectivity index (χ1) is 9.27. The van der Waals surface area contributed by atoms with Gasteiger partial charge in [0.1, 0.15) is 0 Å². The molecule has 80 valence electrons. The summed E-state index contributed by atoms with van der Waals surface area (Å²) in [5.74, 6) is -1.37. The lowest BCUT2D eigenvalue weighted by molar-refractivity contribution is -0.115. The number of rotatable bonds is 4. The molecule has 0 saturated carbocycles. The molecular formula is C9H15O4P. The van der Waals surface area contributed by atoms with Gasteiger partial charge in [-0.15, -0.1) is 0 Å². The summed E-state index contributed by atoms with van der Waals surface area (Å²) in [4.78, 5) is 11.8. The molecule has 1 aliphatic rings. The van der Waals surface area contributed by atoms with Crippen LogP contribution in [-0.2, 0) is 18.4 Å². The molecular weight excluding hydrogens is 203 g/mol. The van der Waals surface area contributed by atoms with Crippen molar-refractivity contribution in [3.8, 4) is 0 Å². The van der Waals surface area contributed by atoms with Crippen LogP contribution in [0.2, 0.25) is 0 Å². The van der Waals surface area contributed by atoms with Gasteiger partial charge in [-0.25, -0.2) is 0 Å². The second-order valence-corrected chi connectivity index (χ2v) is 4.28. The second kappa shape index (κ2) is 4.87. The van der Waals surface area contributed by atoms with E-state index in [-0.39, 0.29) is 0 Å². The van der Waals surface area contributed by atoms with Crippen molar-refractivity contribution in [2.45, 2.75) is 19.2 Å². The maximum atomic E-state index is 12.3. The summed E-state index contributed by atoms with van der Waals surface area (Å²) >= 11 is 0. The van der Waals surface area contributed by atoms with E-state index < -0.39 is 50.3 Å². The fourth-order valence-electron chi connectivity index (χ4n) is 0.785. The third-order valence-corrected chi connectivity index (χ3v) is 2.94. The summed E-state index contributed by atoms with van der Waals surface area (Å²) < 4.78 is 75.0. The number of carbonyl (C=O) groups is 1. The molecule has 0 aromatic rings. The lowest BCUT2D eigenvalue weighted by Crippen LogP contribution is -2.07. The van der Waals surface area contributed by atoms with Crippen LogP contribution < -0.4 is 0 Å². The minimum Gasteiger partial charge on any atom is -0.312 e. The number of ketones is 1. The maximum absolute atomic E-state index is 12.3. The van der Waals surface area contributed by atoms with Crippen LogP contribution in [0.15, 0.2) is 11.6 Å². The number of hydrogen-bond donors (Lipinski definition) is 0. The van der Waals surface area contributed by atoms with Crippen LogP contribution in [-0.4, -0.2) is 26.1 Å². The van der Waals surface area contributed by atoms with Crippen LogP contribution in [0, 0.1) is 0 Å². The average molecular weight is 225 g/mol. The molecule has 0 bridgehead atoms. The van der Waals surface area contributed by atoms with Crippen LogP contribution in [0.4, 0.5) is 0 Å². The van der Waals surface area contributed by atoms with Gasteiger partial charge in [0, 0.05) is 28.8 Å². The zero-order chi connectivity index (χ0) is 16.9. The predicted molar refractivity (Wildman–Crippen MR) is 53.4 cm³/mol. The van der Waals surface area contributed by atoms with Crippen molar-refractivity contribution in [1.82, 2.24) is 0 Å². The molecule has 0 heterocycles. The lowest BCUT2D eigenvalue weighted by Gasteiger charge is -2.17. The van der Waals surface area contributed by atoms with Crippen molar-refractivity contribution in [2.75, 3.05) is 20.3 Å². The second-order valence-electron chi connectivity index (χ2n) is 2.33. The van der Waals surface area contributed by atoms with Gasteiger partial charge in [0.25, 0.3) is 0 Å². The molecule has 0 N–H and O–H groups in total. The van der Waals surface area contributed by atoms with Gasteiger partial charge in [-0.1, -0.05) is 5.57 Å². The normalized spacial score (nSPS) is 34.4. The Morgan fingerprint density at radius 3 is 2.86 bits per heavy atom. The van der Waals surface area contributed by atoms with Gasteiger partial charge in [0.05, 0.1) is 7.48 Å². The van der Waals surface area contributed by atoms with Gasteiger partial charge in [-0.3, -0.25) is 9.36 Å². The molecule has 0 fully saturated rings. The monoisotopic (exact) mass is 225 g/mol. The van der Waals surface area contributed by atoms with Crippen molar-refractivity contribution in [1.29, 1.82) is 0 Å². The first kappa shape index (κ1) is 5.06. The minimum atomic E-state index is -4.50. The van der Waals surface area contributed by atoms with Crippen molar-refractivity contribution in [2.24, 2.45) is 0 Å². The topological polar surface area (TPSA) is 52.6 Å². The van der Waals surface area contributed by atoms with E-state index in [1.54, 1.807) is 0 Å². The molecule has 4 nitrogen and oxygen atoms in total. The molecule has 0 spiro atoms. The first-order valence-corrected chi connectivity index (χ1v) is 5.29. The Balaban J connectivity index is 3.63. The summed E-state index contributed by atoms with van der Waals surface area (Å²) in [6.07, 6.45) is -9.39. The van der Waals surface area contributed by atoms with E-state index in [4.69, 9.17) is 9.60 Å². The van der Waals surface area contributed by atoms with E-state index in [0.29, 0.717) is 0 Å². The number of hydrogen-bond acceptors (Lipinski definition) is 4. The van der Waals surface area contributed by atoms with Crippen LogP contribution in [0.1, 0.15) is 28.8 Å². The Kier molecular flexibility index (Phi) is 1.76. The fraction of sp³-hybridized carbons (Fsp3) is 0.667. The molecule has 0 aromatic carbocycles. The molecule has 0 aromatic heterocycles. The zero-order valence-electron chi connectivity index (χ0n) is 14.8. The van der Waals surface area contributed by atoms with Crippen LogP contribution in [0.3, 0.4) is 0 Å². The average Bonchev–Trinajstić information content (AvgIpc) is 2.32. The molecule has 0 atom stereocenters. The molecule has 0 amide bonds. The Morgan fingerprint density at radius 2 is 2.29 bits per heavy atom. The largest absolute Gasteiger partial charge is 0.334 e. The van der Waals surface area contributed by atoms with Crippen LogP contribution >= 0.6 is 7.60 Å². The van der Waals surface area contributed by atoms with Crippen molar-refractivity contribution >= 4 is 13.4 Å². The molecule has 0 unspecified atom stereocenters. The molecule has 14 heavy (non-hydrogen) atoms. The zero-order valence-corrected chi connectivity index (χ0v) is 8.68. The summed E-state index contributed by atoms with van der Waals surface area (Å²) in [6, 6.07) is -1.18. The van der Waals surface area contributed by atoms with E-state index in [0.717, 1.165) is 14.2 Å². The molecule has 0 saturated heterocycles. The summed E-state index contributed by atoms with van der Waals surface area (Å²) in [5.41, 5.74) is -1.03. The predicted octanol–water partition coefficient (Wildman–Crippen LogP) is 2.15. The van der Waals surface area contributed by atoms with E-state index >= 15 is 0 Å². The molecule has 0 aliphatic heterocycles. The Labute approximate surface area is 93.6 Å². The van der Waals surface area contributed by atoms with E-state index in [1.807, 2.05) is 0 Å². The van der Waals surface area contributed by atoms with E-state index in [9.17, 15) is 9.36 Å². The van der Waals surface area contributed by atoms with Gasteiger partial charge in [0.15, 0.2) is 5.78 Å². The SMILES string of the molecule is [2H]C1=C(C([2H])([2H])P(=O)(OC)OC)C([2H])([2H])CC([2H])([2H])C1=O. The summed E-state index contributed by atoms with van der Waals surface area (Å²) in [7, 11) is -2.71. The van der Waals surface area contributed by atoms with Gasteiger partial charge in [-0.05, 0) is 18.8 Å². The highest BCUT2D eigenvalue weighted by atomic mass is 31.2. The smallest absolute Gasteiger partial charge is 0.312 e. The summed E-state index contributed by atoms with van der Waals surface area (Å²) in [6.45, 7) is 0. The Bertz CT molecular complexity index is 534. The molecule has 0 radical (unpaired) electrons. The van der Waals surface area contributed by atoms with E-state index in [2.05, 4.69) is 9.05 Å². The van der Waals surface area contributed by atoms with Gasteiger partial charge in [0.2, 0.25) is 0 Å². The Morgan fingerprint density at radius 1 is 1.64 bits per heavy atom. The maximum Gasteiger partial charge on any atom is 0.334 e. The Hall–Kier alpha value is -0.440. The van der Waals surface area contributed by atoms with Gasteiger partial charge < -0.3 is 9.05 Å². The van der Waals surface area contributed by atoms with Crippen LogP contribution in [0.5, 0.6) is 0 Å². The first-order valence-electron chi connectivity index (χ1n) is 7.25. The highest BCUT2D eigenvalue weighted by Crippen LogP contribution is 2.48. The molecule has 1 aliphatic carbocycles. The quantitative estimate of drug-likeness (QED) is 0.688. The number of allylic oxidation sites excluding steroid dienone is 2. The van der Waals surface area contributed by atoms with Gasteiger partial charge >= 0.3 is 7.60 Å².